The molecule has 0 aliphatic rings. The number of carbonyl (C=O) groups is 2. The van der Waals surface area contributed by atoms with E-state index in [0.717, 1.165) is 5.56 Å². The first-order chi connectivity index (χ1) is 11.1. The predicted octanol–water partition coefficient (Wildman–Crippen LogP) is 3.30. The number of hydrogen-bond acceptors (Lipinski definition) is 3. The molecule has 0 aliphatic heterocycles. The Hall–Kier alpha value is -3.34. The number of anilines is 1. The lowest BCUT2D eigenvalue weighted by Crippen LogP contribution is -2.11. The molecule has 5 heteroatoms. The van der Waals surface area contributed by atoms with Gasteiger partial charge in [0.25, 0.3) is 11.8 Å². The lowest BCUT2D eigenvalue weighted by atomic mass is 10.1. The highest BCUT2D eigenvalue weighted by Crippen LogP contribution is 2.23. The van der Waals surface area contributed by atoms with Crippen LogP contribution < -0.4 is 11.1 Å². The molecular weight excluding hydrogens is 292 g/mol. The van der Waals surface area contributed by atoms with Crippen LogP contribution >= 0.6 is 0 Å². The summed E-state index contributed by atoms with van der Waals surface area (Å²) in [5.74, 6) is -0.128. The second-order valence-electron chi connectivity index (χ2n) is 4.93. The maximum Gasteiger partial charge on any atom is 0.284 e. The van der Waals surface area contributed by atoms with Gasteiger partial charge in [0.05, 0.1) is 0 Å². The molecule has 0 fully saturated rings. The highest BCUT2D eigenvalue weighted by Gasteiger charge is 2.09. The summed E-state index contributed by atoms with van der Waals surface area (Å²) in [6, 6.07) is 19.3. The number of benzene rings is 2. The van der Waals surface area contributed by atoms with E-state index in [4.69, 9.17) is 10.2 Å². The normalized spacial score (nSPS) is 10.3. The molecule has 3 aromatic rings. The fourth-order valence-corrected chi connectivity index (χ4v) is 2.14. The van der Waals surface area contributed by atoms with E-state index in [1.807, 2.05) is 18.2 Å². The number of hydrogen-bond donors (Lipinski definition) is 2. The Bertz CT molecular complexity index is 836. The molecule has 5 nitrogen and oxygen atoms in total. The molecule has 1 heterocycles. The van der Waals surface area contributed by atoms with Crippen molar-refractivity contribution in [1.82, 2.24) is 0 Å². The van der Waals surface area contributed by atoms with Gasteiger partial charge in [0, 0.05) is 16.8 Å². The number of nitrogens with two attached hydrogens (primary N) is 1. The Kier molecular flexibility index (Phi) is 3.93. The topological polar surface area (TPSA) is 85.3 Å². The molecule has 0 spiro atoms. The van der Waals surface area contributed by atoms with Crippen LogP contribution in [0.5, 0.6) is 0 Å². The highest BCUT2D eigenvalue weighted by atomic mass is 16.3. The van der Waals surface area contributed by atoms with Crippen LogP contribution in [0, 0.1) is 0 Å². The van der Waals surface area contributed by atoms with Gasteiger partial charge in [0.2, 0.25) is 0 Å². The first kappa shape index (κ1) is 14.6. The van der Waals surface area contributed by atoms with Crippen LogP contribution in [0.4, 0.5) is 5.69 Å². The Morgan fingerprint density at radius 2 is 1.57 bits per heavy atom. The minimum absolute atomic E-state index is 0.112. The molecule has 0 bridgehead atoms. The van der Waals surface area contributed by atoms with Crippen LogP contribution in [-0.4, -0.2) is 11.8 Å². The Labute approximate surface area is 132 Å². The Morgan fingerprint density at radius 1 is 0.870 bits per heavy atom. The van der Waals surface area contributed by atoms with Crippen LogP contribution in [0.3, 0.4) is 0 Å². The average Bonchev–Trinajstić information content (AvgIpc) is 3.07. The molecule has 1 aromatic heterocycles. The summed E-state index contributed by atoms with van der Waals surface area (Å²) in [5, 5.41) is 2.82. The summed E-state index contributed by atoms with van der Waals surface area (Å²) >= 11 is 0. The van der Waals surface area contributed by atoms with E-state index < -0.39 is 5.91 Å². The van der Waals surface area contributed by atoms with Gasteiger partial charge in [-0.25, -0.2) is 0 Å². The molecule has 2 aromatic carbocycles. The minimum Gasteiger partial charge on any atom is -0.451 e. The summed E-state index contributed by atoms with van der Waals surface area (Å²) in [5.41, 5.74) is 7.21. The van der Waals surface area contributed by atoms with E-state index >= 15 is 0 Å². The van der Waals surface area contributed by atoms with Crippen molar-refractivity contribution in [2.45, 2.75) is 0 Å². The third kappa shape index (κ3) is 3.29. The van der Waals surface area contributed by atoms with Gasteiger partial charge in [-0.1, -0.05) is 18.2 Å². The van der Waals surface area contributed by atoms with Crippen LogP contribution in [0.25, 0.3) is 11.3 Å². The smallest absolute Gasteiger partial charge is 0.284 e. The van der Waals surface area contributed by atoms with Crippen molar-refractivity contribution in [2.75, 3.05) is 5.32 Å². The number of rotatable bonds is 4. The number of primary amides is 1. The van der Waals surface area contributed by atoms with Crippen molar-refractivity contribution in [1.29, 1.82) is 0 Å². The monoisotopic (exact) mass is 306 g/mol. The van der Waals surface area contributed by atoms with Crippen molar-refractivity contribution < 1.29 is 14.0 Å². The predicted molar refractivity (Wildman–Crippen MR) is 87.1 cm³/mol. The van der Waals surface area contributed by atoms with Crippen molar-refractivity contribution >= 4 is 17.5 Å². The van der Waals surface area contributed by atoms with Gasteiger partial charge < -0.3 is 15.5 Å². The quantitative estimate of drug-likeness (QED) is 0.775. The third-order valence-corrected chi connectivity index (χ3v) is 3.31. The molecular formula is C18H14N2O3. The van der Waals surface area contributed by atoms with Gasteiger partial charge in [-0.05, 0) is 48.5 Å². The molecule has 0 unspecified atom stereocenters. The minimum atomic E-state index is -0.608. The summed E-state index contributed by atoms with van der Waals surface area (Å²) < 4.78 is 5.36. The number of furan rings is 1. The lowest BCUT2D eigenvalue weighted by molar-refractivity contribution is 0.0973. The summed E-state index contributed by atoms with van der Waals surface area (Å²) in [6.07, 6.45) is 0. The Balaban J connectivity index is 1.74. The number of amides is 2. The van der Waals surface area contributed by atoms with Crippen LogP contribution in [0.15, 0.2) is 71.1 Å². The highest BCUT2D eigenvalue weighted by molar-refractivity contribution is 6.04. The molecule has 23 heavy (non-hydrogen) atoms. The van der Waals surface area contributed by atoms with E-state index in [1.165, 1.54) is 6.07 Å². The molecule has 0 radical (unpaired) electrons. The molecule has 0 saturated carbocycles. The van der Waals surface area contributed by atoms with Gasteiger partial charge >= 0.3 is 0 Å². The average molecular weight is 306 g/mol. The fourth-order valence-electron chi connectivity index (χ4n) is 2.14. The second kappa shape index (κ2) is 6.19. The van der Waals surface area contributed by atoms with E-state index in [-0.39, 0.29) is 11.7 Å². The fraction of sp³-hybridized carbons (Fsp3) is 0. The van der Waals surface area contributed by atoms with E-state index in [1.54, 1.807) is 42.5 Å². The summed E-state index contributed by atoms with van der Waals surface area (Å²) in [6.45, 7) is 0. The van der Waals surface area contributed by atoms with Crippen LogP contribution in [0.2, 0.25) is 0 Å². The molecule has 3 N–H and O–H groups in total. The standard InChI is InChI=1S/C18H14N2O3/c19-17(21)16-11-10-15(23-16)12-6-8-14(9-7-12)20-18(22)13-4-2-1-3-5-13/h1-11H,(H2,19,21)(H,20,22). The van der Waals surface area contributed by atoms with Crippen molar-refractivity contribution in [3.05, 3.63) is 78.1 Å². The maximum absolute atomic E-state index is 12.1. The van der Waals surface area contributed by atoms with Crippen LogP contribution in [-0.2, 0) is 0 Å². The largest absolute Gasteiger partial charge is 0.451 e. The molecule has 2 amide bonds. The van der Waals surface area contributed by atoms with E-state index in [0.29, 0.717) is 17.0 Å². The molecule has 114 valence electrons. The van der Waals surface area contributed by atoms with Gasteiger partial charge in [0.15, 0.2) is 5.76 Å². The number of nitrogens with one attached hydrogen (secondary N) is 1. The zero-order valence-corrected chi connectivity index (χ0v) is 12.2. The van der Waals surface area contributed by atoms with Crippen LogP contribution in [0.1, 0.15) is 20.9 Å². The lowest BCUT2D eigenvalue weighted by Gasteiger charge is -2.06. The molecule has 0 atom stereocenters. The zero-order valence-electron chi connectivity index (χ0n) is 12.2. The van der Waals surface area contributed by atoms with Crippen molar-refractivity contribution in [3.63, 3.8) is 0 Å². The summed E-state index contributed by atoms with van der Waals surface area (Å²) in [4.78, 5) is 23.1. The third-order valence-electron chi connectivity index (χ3n) is 3.31. The molecule has 0 saturated heterocycles. The zero-order chi connectivity index (χ0) is 16.2. The van der Waals surface area contributed by atoms with Gasteiger partial charge in [-0.3, -0.25) is 9.59 Å². The van der Waals surface area contributed by atoms with Gasteiger partial charge in [0.1, 0.15) is 5.76 Å². The molecule has 0 aliphatic carbocycles. The first-order valence-corrected chi connectivity index (χ1v) is 7.00. The molecule has 3 rings (SSSR count). The van der Waals surface area contributed by atoms with Crippen molar-refractivity contribution in [2.24, 2.45) is 5.73 Å². The van der Waals surface area contributed by atoms with E-state index in [2.05, 4.69) is 5.32 Å². The van der Waals surface area contributed by atoms with Gasteiger partial charge in [-0.2, -0.15) is 0 Å². The van der Waals surface area contributed by atoms with Gasteiger partial charge in [-0.15, -0.1) is 0 Å². The maximum atomic E-state index is 12.1. The Morgan fingerprint density at radius 3 is 2.17 bits per heavy atom. The summed E-state index contributed by atoms with van der Waals surface area (Å²) in [7, 11) is 0. The first-order valence-electron chi connectivity index (χ1n) is 7.00. The van der Waals surface area contributed by atoms with E-state index in [9.17, 15) is 9.59 Å². The second-order valence-corrected chi connectivity index (χ2v) is 4.93. The van der Waals surface area contributed by atoms with Crippen molar-refractivity contribution in [3.8, 4) is 11.3 Å². The number of carbonyl (C=O) groups excluding carboxylic acids is 2. The SMILES string of the molecule is NC(=O)c1ccc(-c2ccc(NC(=O)c3ccccc3)cc2)o1.